The van der Waals surface area contributed by atoms with Crippen LogP contribution in [0.2, 0.25) is 5.02 Å². The molecule has 0 aliphatic rings. The van der Waals surface area contributed by atoms with Gasteiger partial charge in [-0.3, -0.25) is 4.79 Å². The monoisotopic (exact) mass is 229 g/mol. The third-order valence-corrected chi connectivity index (χ3v) is 1.88. The number of nitrogens with two attached hydrogens (primary N) is 1. The molecule has 0 bridgehead atoms. The molecular weight excluding hydrogens is 218 g/mol. The van der Waals surface area contributed by atoms with Crippen LogP contribution in [0.5, 0.6) is 5.88 Å². The third-order valence-electron chi connectivity index (χ3n) is 1.68. The van der Waals surface area contributed by atoms with Crippen LogP contribution < -0.4 is 10.5 Å². The van der Waals surface area contributed by atoms with E-state index in [2.05, 4.69) is 4.98 Å². The van der Waals surface area contributed by atoms with Crippen LogP contribution in [0, 0.1) is 0 Å². The zero-order valence-corrected chi connectivity index (χ0v) is 9.28. The number of pyridine rings is 1. The van der Waals surface area contributed by atoms with Gasteiger partial charge in [0.25, 0.3) is 5.91 Å². The molecular formula is C9H12ClN3O2. The molecule has 0 aliphatic carbocycles. The number of amides is 1. The first-order chi connectivity index (χ1) is 7.00. The van der Waals surface area contributed by atoms with Crippen LogP contribution in [0.15, 0.2) is 12.3 Å². The van der Waals surface area contributed by atoms with Gasteiger partial charge in [0.1, 0.15) is 0 Å². The van der Waals surface area contributed by atoms with Crippen LogP contribution in [-0.4, -0.2) is 36.5 Å². The molecule has 0 unspecified atom stereocenters. The number of aromatic nitrogens is 1. The van der Waals surface area contributed by atoms with Crippen molar-refractivity contribution in [3.8, 4) is 5.88 Å². The maximum absolute atomic E-state index is 11.2. The lowest BCUT2D eigenvalue weighted by Crippen LogP contribution is -2.27. The van der Waals surface area contributed by atoms with Gasteiger partial charge in [-0.15, -0.1) is 0 Å². The number of anilines is 1. The lowest BCUT2D eigenvalue weighted by atomic mass is 10.4. The minimum absolute atomic E-state index is 0.0914. The quantitative estimate of drug-likeness (QED) is 0.832. The second-order valence-corrected chi connectivity index (χ2v) is 3.56. The number of rotatable bonds is 3. The normalized spacial score (nSPS) is 9.80. The average molecular weight is 230 g/mol. The molecule has 0 aliphatic heterocycles. The van der Waals surface area contributed by atoms with Gasteiger partial charge in [0.05, 0.1) is 10.7 Å². The summed E-state index contributed by atoms with van der Waals surface area (Å²) in [5.74, 6) is 0.0563. The molecule has 5 nitrogen and oxygen atoms in total. The molecule has 0 spiro atoms. The molecule has 82 valence electrons. The first-order valence-electron chi connectivity index (χ1n) is 4.24. The summed E-state index contributed by atoms with van der Waals surface area (Å²) in [4.78, 5) is 16.5. The number of hydrogen-bond donors (Lipinski definition) is 1. The molecule has 0 radical (unpaired) electrons. The SMILES string of the molecule is CN(C)C(=O)COc1ncc(Cl)cc1N. The third kappa shape index (κ3) is 3.28. The van der Waals surface area contributed by atoms with E-state index in [0.717, 1.165) is 0 Å². The van der Waals surface area contributed by atoms with Gasteiger partial charge >= 0.3 is 0 Å². The number of nitrogens with zero attached hydrogens (tertiary/aromatic N) is 2. The number of carbonyl (C=O) groups is 1. The van der Waals surface area contributed by atoms with Gasteiger partial charge in [0.2, 0.25) is 5.88 Å². The maximum Gasteiger partial charge on any atom is 0.260 e. The van der Waals surface area contributed by atoms with Crippen LogP contribution in [0.3, 0.4) is 0 Å². The lowest BCUT2D eigenvalue weighted by molar-refractivity contribution is -0.130. The van der Waals surface area contributed by atoms with E-state index in [-0.39, 0.29) is 18.4 Å². The van der Waals surface area contributed by atoms with Gasteiger partial charge in [-0.05, 0) is 6.07 Å². The van der Waals surface area contributed by atoms with Crippen molar-refractivity contribution in [1.29, 1.82) is 0 Å². The van der Waals surface area contributed by atoms with E-state index in [0.29, 0.717) is 10.7 Å². The van der Waals surface area contributed by atoms with Gasteiger partial charge in [0, 0.05) is 20.3 Å². The molecule has 6 heteroatoms. The predicted octanol–water partition coefficient (Wildman–Crippen LogP) is 0.784. The summed E-state index contributed by atoms with van der Waals surface area (Å²) < 4.78 is 5.13. The molecule has 1 rings (SSSR count). The minimum atomic E-state index is -0.161. The fraction of sp³-hybridized carbons (Fsp3) is 0.333. The average Bonchev–Trinajstić information content (AvgIpc) is 2.15. The Morgan fingerprint density at radius 3 is 2.87 bits per heavy atom. The van der Waals surface area contributed by atoms with Crippen molar-refractivity contribution in [2.24, 2.45) is 0 Å². The highest BCUT2D eigenvalue weighted by Gasteiger charge is 2.08. The Balaban J connectivity index is 2.62. The highest BCUT2D eigenvalue weighted by atomic mass is 35.5. The molecule has 15 heavy (non-hydrogen) atoms. The topological polar surface area (TPSA) is 68.5 Å². The Labute approximate surface area is 92.8 Å². The standard InChI is InChI=1S/C9H12ClN3O2/c1-13(2)8(14)5-15-9-7(11)3-6(10)4-12-9/h3-4H,5,11H2,1-2H3. The summed E-state index contributed by atoms with van der Waals surface area (Å²) >= 11 is 5.66. The number of nitrogen functional groups attached to an aromatic ring is 1. The van der Waals surface area contributed by atoms with Gasteiger partial charge in [-0.1, -0.05) is 11.6 Å². The Morgan fingerprint density at radius 1 is 1.67 bits per heavy atom. The van der Waals surface area contributed by atoms with Crippen molar-refractivity contribution in [2.45, 2.75) is 0 Å². The molecule has 0 aromatic carbocycles. The van der Waals surface area contributed by atoms with Gasteiger partial charge in [0.15, 0.2) is 6.61 Å². The van der Waals surface area contributed by atoms with Crippen molar-refractivity contribution in [3.05, 3.63) is 17.3 Å². The van der Waals surface area contributed by atoms with Gasteiger partial charge in [-0.2, -0.15) is 0 Å². The molecule has 0 atom stereocenters. The summed E-state index contributed by atoms with van der Waals surface area (Å²) in [5, 5.41) is 0.429. The predicted molar refractivity (Wildman–Crippen MR) is 57.8 cm³/mol. The lowest BCUT2D eigenvalue weighted by Gasteiger charge is -2.11. The van der Waals surface area contributed by atoms with Crippen LogP contribution in [-0.2, 0) is 4.79 Å². The molecule has 1 aromatic heterocycles. The van der Waals surface area contributed by atoms with E-state index >= 15 is 0 Å². The fourth-order valence-electron chi connectivity index (χ4n) is 0.822. The highest BCUT2D eigenvalue weighted by molar-refractivity contribution is 6.30. The van der Waals surface area contributed by atoms with E-state index in [4.69, 9.17) is 22.1 Å². The zero-order chi connectivity index (χ0) is 11.4. The van der Waals surface area contributed by atoms with Crippen LogP contribution in [0.25, 0.3) is 0 Å². The second-order valence-electron chi connectivity index (χ2n) is 3.12. The fourth-order valence-corrected chi connectivity index (χ4v) is 0.989. The molecule has 0 saturated carbocycles. The van der Waals surface area contributed by atoms with Gasteiger partial charge < -0.3 is 15.4 Å². The Kier molecular flexibility index (Phi) is 3.74. The number of halogens is 1. The van der Waals surface area contributed by atoms with E-state index in [1.54, 1.807) is 14.1 Å². The summed E-state index contributed by atoms with van der Waals surface area (Å²) in [6, 6.07) is 1.52. The smallest absolute Gasteiger partial charge is 0.260 e. The van der Waals surface area contributed by atoms with E-state index in [9.17, 15) is 4.79 Å². The Bertz CT molecular complexity index is 368. The van der Waals surface area contributed by atoms with Crippen molar-refractivity contribution >= 4 is 23.2 Å². The maximum atomic E-state index is 11.2. The first-order valence-corrected chi connectivity index (χ1v) is 4.62. The molecule has 1 aromatic rings. The largest absolute Gasteiger partial charge is 0.466 e. The van der Waals surface area contributed by atoms with E-state index in [1.807, 2.05) is 0 Å². The van der Waals surface area contributed by atoms with E-state index < -0.39 is 0 Å². The number of likely N-dealkylation sites (N-methyl/N-ethyl adjacent to an activating group) is 1. The first kappa shape index (κ1) is 11.6. The summed E-state index contributed by atoms with van der Waals surface area (Å²) in [6.45, 7) is -0.0914. The number of carbonyl (C=O) groups excluding carboxylic acids is 1. The molecule has 1 amide bonds. The molecule has 0 fully saturated rings. The molecule has 2 N–H and O–H groups in total. The summed E-state index contributed by atoms with van der Waals surface area (Å²) in [5.41, 5.74) is 5.90. The Hall–Kier alpha value is -1.49. The van der Waals surface area contributed by atoms with Crippen molar-refractivity contribution in [1.82, 2.24) is 9.88 Å². The number of ether oxygens (including phenoxy) is 1. The number of hydrogen-bond acceptors (Lipinski definition) is 4. The van der Waals surface area contributed by atoms with Crippen molar-refractivity contribution < 1.29 is 9.53 Å². The minimum Gasteiger partial charge on any atom is -0.466 e. The Morgan fingerprint density at radius 2 is 2.33 bits per heavy atom. The zero-order valence-electron chi connectivity index (χ0n) is 8.53. The molecule has 1 heterocycles. The van der Waals surface area contributed by atoms with E-state index in [1.165, 1.54) is 17.2 Å². The van der Waals surface area contributed by atoms with Crippen molar-refractivity contribution in [3.63, 3.8) is 0 Å². The summed E-state index contributed by atoms with van der Waals surface area (Å²) in [7, 11) is 3.29. The highest BCUT2D eigenvalue weighted by Crippen LogP contribution is 2.21. The van der Waals surface area contributed by atoms with Gasteiger partial charge in [-0.25, -0.2) is 4.98 Å². The van der Waals surface area contributed by atoms with Crippen LogP contribution >= 0.6 is 11.6 Å². The van der Waals surface area contributed by atoms with Crippen LogP contribution in [0.4, 0.5) is 5.69 Å². The van der Waals surface area contributed by atoms with Crippen LogP contribution in [0.1, 0.15) is 0 Å². The second kappa shape index (κ2) is 4.84. The van der Waals surface area contributed by atoms with Crippen molar-refractivity contribution in [2.75, 3.05) is 26.4 Å². The summed E-state index contributed by atoms with van der Waals surface area (Å²) in [6.07, 6.45) is 1.41. The molecule has 0 saturated heterocycles.